The van der Waals surface area contributed by atoms with Crippen LogP contribution in [0.15, 0.2) is 12.2 Å². The lowest BCUT2D eigenvalue weighted by Crippen LogP contribution is -2.32. The highest BCUT2D eigenvalue weighted by atomic mass is 16.5. The van der Waals surface area contributed by atoms with Crippen LogP contribution in [0.3, 0.4) is 0 Å². The Morgan fingerprint density at radius 3 is 2.58 bits per heavy atom. The number of nitrogens with two attached hydrogens (primary N) is 1. The van der Waals surface area contributed by atoms with E-state index < -0.39 is 6.03 Å². The Bertz CT molecular complexity index is 166. The van der Waals surface area contributed by atoms with Gasteiger partial charge >= 0.3 is 6.03 Å². The van der Waals surface area contributed by atoms with Crippen molar-refractivity contribution < 1.29 is 10.0 Å². The highest BCUT2D eigenvalue weighted by Crippen LogP contribution is 1.99. The number of rotatable bonds is 4. The van der Waals surface area contributed by atoms with Gasteiger partial charge in [0.25, 0.3) is 0 Å². The Labute approximate surface area is 72.6 Å². The summed E-state index contributed by atoms with van der Waals surface area (Å²) in [5, 5.41) is 9.27. The molecule has 0 aromatic rings. The van der Waals surface area contributed by atoms with E-state index in [4.69, 9.17) is 10.9 Å². The van der Waals surface area contributed by atoms with Gasteiger partial charge < -0.3 is 5.73 Å². The van der Waals surface area contributed by atoms with E-state index in [-0.39, 0.29) is 6.54 Å². The molecule has 0 aromatic carbocycles. The van der Waals surface area contributed by atoms with Crippen LogP contribution in [-0.4, -0.2) is 22.8 Å². The average Bonchev–Trinajstić information content (AvgIpc) is 1.97. The minimum absolute atomic E-state index is 0.155. The predicted molar refractivity (Wildman–Crippen MR) is 46.7 cm³/mol. The highest BCUT2D eigenvalue weighted by Gasteiger charge is 2.00. The Kier molecular flexibility index (Phi) is 5.12. The molecular formula is C8H16N2O2. The van der Waals surface area contributed by atoms with E-state index in [1.165, 1.54) is 0 Å². The molecule has 0 fully saturated rings. The summed E-state index contributed by atoms with van der Waals surface area (Å²) in [5.74, 6) is 0.585. The molecule has 0 aliphatic heterocycles. The summed E-state index contributed by atoms with van der Waals surface area (Å²) < 4.78 is 0. The molecule has 4 heteroatoms. The second-order valence-corrected chi connectivity index (χ2v) is 3.02. The van der Waals surface area contributed by atoms with Crippen molar-refractivity contribution in [3.05, 3.63) is 12.2 Å². The van der Waals surface area contributed by atoms with Crippen LogP contribution in [0.1, 0.15) is 20.3 Å². The van der Waals surface area contributed by atoms with Crippen LogP contribution >= 0.6 is 0 Å². The third kappa shape index (κ3) is 5.73. The quantitative estimate of drug-likeness (QED) is 0.382. The number of urea groups is 1. The van der Waals surface area contributed by atoms with E-state index in [9.17, 15) is 4.79 Å². The molecule has 2 amide bonds. The van der Waals surface area contributed by atoms with E-state index in [1.54, 1.807) is 6.08 Å². The topological polar surface area (TPSA) is 66.6 Å². The minimum Gasteiger partial charge on any atom is -0.350 e. The fourth-order valence-electron chi connectivity index (χ4n) is 0.633. The number of carbonyl (C=O) groups is 1. The minimum atomic E-state index is -0.829. The lowest BCUT2D eigenvalue weighted by molar-refractivity contribution is -0.0288. The van der Waals surface area contributed by atoms with Gasteiger partial charge in [0.2, 0.25) is 0 Å². The van der Waals surface area contributed by atoms with Crippen LogP contribution in [0.2, 0.25) is 0 Å². The van der Waals surface area contributed by atoms with Gasteiger partial charge in [0.15, 0.2) is 0 Å². The van der Waals surface area contributed by atoms with Crippen LogP contribution in [0.4, 0.5) is 4.79 Å². The number of nitrogens with zero attached hydrogens (tertiary/aromatic N) is 1. The molecule has 0 aliphatic carbocycles. The number of allylic oxidation sites excluding steroid dienone is 1. The molecule has 4 nitrogen and oxygen atoms in total. The van der Waals surface area contributed by atoms with Crippen molar-refractivity contribution in [3.8, 4) is 0 Å². The Hall–Kier alpha value is -1.03. The third-order valence-corrected chi connectivity index (χ3v) is 1.31. The van der Waals surface area contributed by atoms with E-state index in [0.717, 1.165) is 6.42 Å². The maximum atomic E-state index is 10.3. The van der Waals surface area contributed by atoms with Gasteiger partial charge in [0.1, 0.15) is 0 Å². The predicted octanol–water partition coefficient (Wildman–Crippen LogP) is 1.36. The first-order chi connectivity index (χ1) is 5.54. The summed E-state index contributed by atoms with van der Waals surface area (Å²) in [6.07, 6.45) is 4.56. The number of hydroxylamine groups is 2. The van der Waals surface area contributed by atoms with Crippen molar-refractivity contribution >= 4 is 6.03 Å². The standard InChI is InChI=1S/C8H16N2O2/c1-7(2)5-3-4-6-10(12)8(9)11/h3-4,7,12H,5-6H2,1-2H3,(H2,9,11)/b4-3+. The zero-order valence-electron chi connectivity index (χ0n) is 7.53. The number of amides is 2. The molecule has 0 unspecified atom stereocenters. The zero-order chi connectivity index (χ0) is 9.56. The molecule has 12 heavy (non-hydrogen) atoms. The fourth-order valence-corrected chi connectivity index (χ4v) is 0.633. The Balaban J connectivity index is 3.53. The summed E-state index contributed by atoms with van der Waals surface area (Å²) in [7, 11) is 0. The molecular weight excluding hydrogens is 156 g/mol. The summed E-state index contributed by atoms with van der Waals surface area (Å²) >= 11 is 0. The molecule has 0 heterocycles. The lowest BCUT2D eigenvalue weighted by atomic mass is 10.1. The number of hydrogen-bond acceptors (Lipinski definition) is 2. The monoisotopic (exact) mass is 172 g/mol. The normalized spacial score (nSPS) is 11.0. The summed E-state index contributed by atoms with van der Waals surface area (Å²) in [5.41, 5.74) is 4.78. The average molecular weight is 172 g/mol. The molecule has 0 spiro atoms. The molecule has 70 valence electrons. The zero-order valence-corrected chi connectivity index (χ0v) is 7.53. The van der Waals surface area contributed by atoms with Crippen LogP contribution in [0.25, 0.3) is 0 Å². The molecule has 0 bridgehead atoms. The molecule has 0 atom stereocenters. The molecule has 3 N–H and O–H groups in total. The van der Waals surface area contributed by atoms with E-state index in [1.807, 2.05) is 6.08 Å². The molecule has 0 saturated carbocycles. The second kappa shape index (κ2) is 5.60. The number of carbonyl (C=O) groups excluding carboxylic acids is 1. The van der Waals surface area contributed by atoms with E-state index in [2.05, 4.69) is 13.8 Å². The van der Waals surface area contributed by atoms with E-state index >= 15 is 0 Å². The lowest BCUT2D eigenvalue weighted by Gasteiger charge is -2.07. The number of hydrogen-bond donors (Lipinski definition) is 2. The van der Waals surface area contributed by atoms with Gasteiger partial charge in [-0.15, -0.1) is 0 Å². The molecule has 0 aliphatic rings. The fraction of sp³-hybridized carbons (Fsp3) is 0.625. The van der Waals surface area contributed by atoms with Gasteiger partial charge in [0, 0.05) is 0 Å². The van der Waals surface area contributed by atoms with Gasteiger partial charge in [0.05, 0.1) is 6.54 Å². The van der Waals surface area contributed by atoms with Crippen molar-refractivity contribution in [3.63, 3.8) is 0 Å². The summed E-state index contributed by atoms with van der Waals surface area (Å²) in [4.78, 5) is 10.3. The maximum Gasteiger partial charge on any atom is 0.338 e. The third-order valence-electron chi connectivity index (χ3n) is 1.31. The van der Waals surface area contributed by atoms with Crippen LogP contribution < -0.4 is 5.73 Å². The van der Waals surface area contributed by atoms with Crippen molar-refractivity contribution in [2.75, 3.05) is 6.54 Å². The van der Waals surface area contributed by atoms with Crippen LogP contribution in [-0.2, 0) is 0 Å². The van der Waals surface area contributed by atoms with Crippen molar-refractivity contribution in [2.45, 2.75) is 20.3 Å². The van der Waals surface area contributed by atoms with Gasteiger partial charge in [-0.2, -0.15) is 0 Å². The molecule has 0 rings (SSSR count). The number of primary amides is 1. The molecule has 0 saturated heterocycles. The maximum absolute atomic E-state index is 10.3. The summed E-state index contributed by atoms with van der Waals surface area (Å²) in [6, 6.07) is -0.829. The Morgan fingerprint density at radius 2 is 2.17 bits per heavy atom. The molecule has 0 radical (unpaired) electrons. The molecule has 0 aromatic heterocycles. The smallest absolute Gasteiger partial charge is 0.338 e. The van der Waals surface area contributed by atoms with Crippen LogP contribution in [0, 0.1) is 5.92 Å². The van der Waals surface area contributed by atoms with Crippen molar-refractivity contribution in [1.82, 2.24) is 5.06 Å². The van der Waals surface area contributed by atoms with Crippen molar-refractivity contribution in [1.29, 1.82) is 0 Å². The highest BCUT2D eigenvalue weighted by molar-refractivity contribution is 5.70. The largest absolute Gasteiger partial charge is 0.350 e. The van der Waals surface area contributed by atoms with Gasteiger partial charge in [-0.25, -0.2) is 9.86 Å². The summed E-state index contributed by atoms with van der Waals surface area (Å²) in [6.45, 7) is 4.34. The van der Waals surface area contributed by atoms with Gasteiger partial charge in [-0.3, -0.25) is 5.21 Å². The van der Waals surface area contributed by atoms with Gasteiger partial charge in [-0.05, 0) is 12.3 Å². The van der Waals surface area contributed by atoms with Gasteiger partial charge in [-0.1, -0.05) is 26.0 Å². The van der Waals surface area contributed by atoms with E-state index in [0.29, 0.717) is 11.0 Å². The van der Waals surface area contributed by atoms with Crippen molar-refractivity contribution in [2.24, 2.45) is 11.7 Å². The first kappa shape index (κ1) is 11.0. The Morgan fingerprint density at radius 1 is 1.58 bits per heavy atom. The second-order valence-electron chi connectivity index (χ2n) is 3.02. The van der Waals surface area contributed by atoms with Crippen LogP contribution in [0.5, 0.6) is 0 Å². The first-order valence-electron chi connectivity index (χ1n) is 3.95. The first-order valence-corrected chi connectivity index (χ1v) is 3.95. The SMILES string of the molecule is CC(C)C/C=C/CN(O)C(N)=O.